The summed E-state index contributed by atoms with van der Waals surface area (Å²) in [6, 6.07) is 47.2. The van der Waals surface area contributed by atoms with Gasteiger partial charge in [0.2, 0.25) is 0 Å². The Kier molecular flexibility index (Phi) is 16.7. The minimum Gasteiger partial charge on any atom is -0.508 e. The van der Waals surface area contributed by atoms with Gasteiger partial charge >= 0.3 is 29.9 Å². The number of aromatic carboxylic acids is 1. The van der Waals surface area contributed by atoms with E-state index in [9.17, 15) is 9.90 Å². The average Bonchev–Trinajstić information content (AvgIpc) is 2.97. The summed E-state index contributed by atoms with van der Waals surface area (Å²) in [5.41, 5.74) is 1.63. The van der Waals surface area contributed by atoms with Gasteiger partial charge in [-0.05, 0) is 42.8 Å². The van der Waals surface area contributed by atoms with Crippen LogP contribution in [-0.4, -0.2) is 40.1 Å². The Morgan fingerprint density at radius 3 is 1.34 bits per heavy atom. The SMILES string of the molecule is Cc1cc(N=Nc2ccccc2C(=O)O)ccc1O.[Sn+4].c1ccccc1.c1ccccc1.c1ccccc1. The van der Waals surface area contributed by atoms with E-state index in [0.29, 0.717) is 16.9 Å². The maximum Gasteiger partial charge on any atom is 4.00 e. The molecular formula is C32H30N2O3Sn+4. The smallest absolute Gasteiger partial charge is 0.508 e. The molecule has 0 aliphatic rings. The molecule has 5 rings (SSSR count). The number of azo groups is 1. The molecule has 0 atom stereocenters. The van der Waals surface area contributed by atoms with E-state index in [1.54, 1.807) is 37.3 Å². The van der Waals surface area contributed by atoms with E-state index < -0.39 is 5.97 Å². The molecule has 5 nitrogen and oxygen atoms in total. The van der Waals surface area contributed by atoms with Gasteiger partial charge in [-0.3, -0.25) is 0 Å². The molecule has 0 aromatic heterocycles. The Balaban J connectivity index is 0.000000307. The quantitative estimate of drug-likeness (QED) is 0.159. The van der Waals surface area contributed by atoms with Crippen molar-refractivity contribution < 1.29 is 15.0 Å². The molecule has 0 unspecified atom stereocenters. The molecule has 0 radical (unpaired) electrons. The fourth-order valence-electron chi connectivity index (χ4n) is 2.71. The number of benzene rings is 5. The van der Waals surface area contributed by atoms with Gasteiger partial charge in [0.25, 0.3) is 0 Å². The molecule has 0 heterocycles. The first-order valence-corrected chi connectivity index (χ1v) is 11.6. The molecule has 6 heteroatoms. The van der Waals surface area contributed by atoms with E-state index in [-0.39, 0.29) is 35.2 Å². The summed E-state index contributed by atoms with van der Waals surface area (Å²) >= 11 is 0. The third kappa shape index (κ3) is 13.8. The molecule has 5 aromatic rings. The van der Waals surface area contributed by atoms with E-state index in [0.717, 1.165) is 0 Å². The van der Waals surface area contributed by atoms with Gasteiger partial charge in [0.05, 0.1) is 11.3 Å². The molecule has 0 saturated heterocycles. The van der Waals surface area contributed by atoms with E-state index in [2.05, 4.69) is 10.2 Å². The van der Waals surface area contributed by atoms with Crippen LogP contribution in [0.15, 0.2) is 162 Å². The van der Waals surface area contributed by atoms with Crippen molar-refractivity contribution in [3.05, 3.63) is 163 Å². The van der Waals surface area contributed by atoms with Gasteiger partial charge in [0.15, 0.2) is 0 Å². The van der Waals surface area contributed by atoms with Crippen LogP contribution in [0.2, 0.25) is 0 Å². The third-order valence-corrected chi connectivity index (χ3v) is 4.59. The zero-order valence-electron chi connectivity index (χ0n) is 21.1. The summed E-state index contributed by atoms with van der Waals surface area (Å²) in [7, 11) is 0. The number of aromatic hydroxyl groups is 1. The summed E-state index contributed by atoms with van der Waals surface area (Å²) in [5, 5.41) is 26.3. The Hall–Kier alpha value is -4.23. The van der Waals surface area contributed by atoms with Crippen LogP contribution in [0.5, 0.6) is 5.75 Å². The maximum absolute atomic E-state index is 11.0. The molecule has 2 N–H and O–H groups in total. The molecule has 0 fully saturated rings. The first kappa shape index (κ1) is 31.8. The number of rotatable bonds is 3. The first-order chi connectivity index (χ1) is 18.1. The van der Waals surface area contributed by atoms with Crippen molar-refractivity contribution in [2.45, 2.75) is 6.92 Å². The number of phenols is 1. The molecule has 0 amide bonds. The van der Waals surface area contributed by atoms with Crippen molar-refractivity contribution in [2.75, 3.05) is 0 Å². The van der Waals surface area contributed by atoms with E-state index in [1.807, 2.05) is 109 Å². The molecule has 0 saturated carbocycles. The summed E-state index contributed by atoms with van der Waals surface area (Å²) < 4.78 is 0. The molecule has 186 valence electrons. The van der Waals surface area contributed by atoms with Crippen LogP contribution < -0.4 is 0 Å². The zero-order valence-corrected chi connectivity index (χ0v) is 24.0. The Labute approximate surface area is 241 Å². The zero-order chi connectivity index (χ0) is 26.6. The molecule has 0 bridgehead atoms. The predicted octanol–water partition coefficient (Wildman–Crippen LogP) is 8.49. The number of carboxylic acid groups (broad SMARTS) is 1. The van der Waals surface area contributed by atoms with Crippen molar-refractivity contribution in [1.29, 1.82) is 0 Å². The Morgan fingerprint density at radius 2 is 0.974 bits per heavy atom. The van der Waals surface area contributed by atoms with Crippen LogP contribution in [0.1, 0.15) is 15.9 Å². The van der Waals surface area contributed by atoms with Crippen LogP contribution in [0.3, 0.4) is 0 Å². The minimum absolute atomic E-state index is 0. The van der Waals surface area contributed by atoms with E-state index in [1.165, 1.54) is 12.1 Å². The molecule has 0 spiro atoms. The fraction of sp³-hybridized carbons (Fsp3) is 0.0312. The van der Waals surface area contributed by atoms with Crippen molar-refractivity contribution in [2.24, 2.45) is 10.2 Å². The van der Waals surface area contributed by atoms with Gasteiger partial charge in [-0.15, -0.1) is 5.11 Å². The van der Waals surface area contributed by atoms with Crippen LogP contribution in [0.4, 0.5) is 11.4 Å². The second kappa shape index (κ2) is 19.9. The number of carbonyl (C=O) groups is 1. The van der Waals surface area contributed by atoms with Gasteiger partial charge in [-0.1, -0.05) is 121 Å². The molecule has 5 aromatic carbocycles. The van der Waals surface area contributed by atoms with Crippen LogP contribution in [0, 0.1) is 6.92 Å². The minimum atomic E-state index is -1.04. The van der Waals surface area contributed by atoms with E-state index >= 15 is 0 Å². The van der Waals surface area contributed by atoms with Gasteiger partial charge in [-0.25, -0.2) is 4.79 Å². The summed E-state index contributed by atoms with van der Waals surface area (Å²) in [5.74, 6) is -0.860. The Bertz CT molecular complexity index is 1160. The number of hydrogen-bond acceptors (Lipinski definition) is 4. The van der Waals surface area contributed by atoms with Crippen molar-refractivity contribution >= 4 is 41.3 Å². The molecule has 0 aliphatic heterocycles. The second-order valence-electron chi connectivity index (χ2n) is 7.46. The van der Waals surface area contributed by atoms with E-state index in [4.69, 9.17) is 5.11 Å². The van der Waals surface area contributed by atoms with Gasteiger partial charge < -0.3 is 10.2 Å². The second-order valence-corrected chi connectivity index (χ2v) is 7.46. The number of aryl methyl sites for hydroxylation is 1. The average molecular weight is 609 g/mol. The largest absolute Gasteiger partial charge is 4.00 e. The van der Waals surface area contributed by atoms with Crippen molar-refractivity contribution in [3.8, 4) is 5.75 Å². The van der Waals surface area contributed by atoms with Crippen molar-refractivity contribution in [3.63, 3.8) is 0 Å². The molecule has 38 heavy (non-hydrogen) atoms. The molecule has 0 aliphatic carbocycles. The monoisotopic (exact) mass is 610 g/mol. The van der Waals surface area contributed by atoms with Gasteiger partial charge in [0, 0.05) is 0 Å². The van der Waals surface area contributed by atoms with Crippen molar-refractivity contribution in [1.82, 2.24) is 0 Å². The van der Waals surface area contributed by atoms with Gasteiger partial charge in [-0.2, -0.15) is 5.11 Å². The van der Waals surface area contributed by atoms with Gasteiger partial charge in [0.1, 0.15) is 11.4 Å². The standard InChI is InChI=1S/C14H12N2O3.3C6H6.Sn/c1-9-8-10(6-7-13(9)17)15-16-12-5-3-2-4-11(12)14(18)19;3*1-2-4-6-5-3-1;/h2-8,17H,1H3,(H,18,19);3*1-6H;/q;;;;+4. The topological polar surface area (TPSA) is 82.2 Å². The number of hydrogen-bond donors (Lipinski definition) is 2. The summed E-state index contributed by atoms with van der Waals surface area (Å²) in [6.07, 6.45) is 0. The molecular weight excluding hydrogens is 579 g/mol. The van der Waals surface area contributed by atoms with Crippen LogP contribution in [-0.2, 0) is 0 Å². The number of carboxylic acids is 1. The first-order valence-electron chi connectivity index (χ1n) is 11.6. The van der Waals surface area contributed by atoms with Crippen LogP contribution >= 0.6 is 0 Å². The Morgan fingerprint density at radius 1 is 0.579 bits per heavy atom. The normalized spacial score (nSPS) is 9.18. The summed E-state index contributed by atoms with van der Waals surface area (Å²) in [6.45, 7) is 1.75. The predicted molar refractivity (Wildman–Crippen MR) is 156 cm³/mol. The fourth-order valence-corrected chi connectivity index (χ4v) is 2.71. The third-order valence-electron chi connectivity index (χ3n) is 4.59. The summed E-state index contributed by atoms with van der Waals surface area (Å²) in [4.78, 5) is 11.0. The number of phenolic OH excluding ortho intramolecular Hbond substituents is 1. The maximum atomic E-state index is 11.0. The number of nitrogens with zero attached hydrogens (tertiary/aromatic N) is 2. The van der Waals surface area contributed by atoms with Crippen LogP contribution in [0.25, 0.3) is 0 Å².